The van der Waals surface area contributed by atoms with Gasteiger partial charge in [-0.1, -0.05) is 23.4 Å². The van der Waals surface area contributed by atoms with E-state index in [0.717, 1.165) is 15.3 Å². The molecule has 3 rings (SSSR count). The molecule has 0 fully saturated rings. The Morgan fingerprint density at radius 1 is 1.37 bits per heavy atom. The molecule has 0 spiro atoms. The lowest BCUT2D eigenvalue weighted by Crippen LogP contribution is -2.25. The predicted octanol–water partition coefficient (Wildman–Crippen LogP) is 4.17. The van der Waals surface area contributed by atoms with Crippen molar-refractivity contribution in [2.24, 2.45) is 5.16 Å². The number of esters is 1. The van der Waals surface area contributed by atoms with Gasteiger partial charge >= 0.3 is 5.97 Å². The molecule has 0 radical (unpaired) electrons. The second-order valence-electron chi connectivity index (χ2n) is 5.96. The van der Waals surface area contributed by atoms with Crippen LogP contribution < -0.4 is 5.32 Å². The first kappa shape index (κ1) is 19.4. The van der Waals surface area contributed by atoms with E-state index in [1.807, 2.05) is 30.3 Å². The van der Waals surface area contributed by atoms with E-state index in [-0.39, 0.29) is 17.8 Å². The molecule has 6 nitrogen and oxygen atoms in total. The van der Waals surface area contributed by atoms with Gasteiger partial charge in [-0.3, -0.25) is 4.79 Å². The Labute approximate surface area is 165 Å². The first-order valence-corrected chi connectivity index (χ1v) is 10.3. The number of hydrogen-bond acceptors (Lipinski definition) is 7. The topological polar surface area (TPSA) is 88.0 Å². The molecule has 2 aromatic rings. The fourth-order valence-corrected chi connectivity index (χ4v) is 5.58. The van der Waals surface area contributed by atoms with Crippen molar-refractivity contribution in [2.45, 2.75) is 36.8 Å². The maximum Gasteiger partial charge on any atom is 0.341 e. The minimum atomic E-state index is -0.467. The van der Waals surface area contributed by atoms with Gasteiger partial charge in [0, 0.05) is 11.8 Å². The van der Waals surface area contributed by atoms with Gasteiger partial charge in [-0.05, 0) is 37.5 Å². The number of thiophene rings is 1. The van der Waals surface area contributed by atoms with Crippen LogP contribution in [0.25, 0.3) is 0 Å². The zero-order valence-corrected chi connectivity index (χ0v) is 16.7. The summed E-state index contributed by atoms with van der Waals surface area (Å²) in [6.45, 7) is 3.38. The number of thioether (sulfide) groups is 1. The van der Waals surface area contributed by atoms with E-state index in [2.05, 4.69) is 10.5 Å². The Balaban J connectivity index is 1.99. The van der Waals surface area contributed by atoms with Crippen LogP contribution in [-0.2, 0) is 16.0 Å². The lowest BCUT2D eigenvalue weighted by atomic mass is 9.93. The van der Waals surface area contributed by atoms with Crippen molar-refractivity contribution in [1.82, 2.24) is 0 Å². The number of carbonyl (C=O) groups is 2. The van der Waals surface area contributed by atoms with Crippen LogP contribution in [0.3, 0.4) is 0 Å². The van der Waals surface area contributed by atoms with E-state index in [0.29, 0.717) is 29.1 Å². The third kappa shape index (κ3) is 4.17. The SMILES string of the molecule is CCOC(=O)c1c(NC(C)=O)sc2c1CCC(Sc1ccccc1)/C2=N\O. The predicted molar refractivity (Wildman–Crippen MR) is 107 cm³/mol. The maximum absolute atomic E-state index is 12.5. The largest absolute Gasteiger partial charge is 0.462 e. The van der Waals surface area contributed by atoms with Crippen LogP contribution in [0.2, 0.25) is 0 Å². The second kappa shape index (κ2) is 8.58. The Morgan fingerprint density at radius 3 is 2.74 bits per heavy atom. The highest BCUT2D eigenvalue weighted by Crippen LogP contribution is 2.42. The van der Waals surface area contributed by atoms with Gasteiger partial charge in [-0.2, -0.15) is 0 Å². The summed E-state index contributed by atoms with van der Waals surface area (Å²) in [5.74, 6) is -0.734. The lowest BCUT2D eigenvalue weighted by Gasteiger charge is -2.23. The molecule has 1 aromatic carbocycles. The first-order valence-electron chi connectivity index (χ1n) is 8.59. The van der Waals surface area contributed by atoms with Crippen LogP contribution in [0, 0.1) is 0 Å². The molecule has 1 amide bonds. The number of nitrogens with zero attached hydrogens (tertiary/aromatic N) is 1. The Morgan fingerprint density at radius 2 is 2.11 bits per heavy atom. The summed E-state index contributed by atoms with van der Waals surface area (Å²) in [6, 6.07) is 9.90. The van der Waals surface area contributed by atoms with Crippen molar-refractivity contribution in [1.29, 1.82) is 0 Å². The molecular formula is C19H20N2O4S2. The average Bonchev–Trinajstić information content (AvgIpc) is 3.00. The highest BCUT2D eigenvalue weighted by atomic mass is 32.2. The molecule has 1 heterocycles. The third-order valence-electron chi connectivity index (χ3n) is 4.10. The molecule has 1 atom stereocenters. The van der Waals surface area contributed by atoms with E-state index < -0.39 is 5.97 Å². The molecule has 2 N–H and O–H groups in total. The van der Waals surface area contributed by atoms with E-state index in [1.54, 1.807) is 18.7 Å². The zero-order valence-electron chi connectivity index (χ0n) is 15.0. The van der Waals surface area contributed by atoms with Gasteiger partial charge in [-0.15, -0.1) is 23.1 Å². The van der Waals surface area contributed by atoms with Gasteiger partial charge in [0.2, 0.25) is 5.91 Å². The quantitative estimate of drug-likeness (QED) is 0.444. The molecule has 0 saturated heterocycles. The van der Waals surface area contributed by atoms with E-state index in [9.17, 15) is 14.8 Å². The number of rotatable bonds is 5. The normalized spacial score (nSPS) is 17.4. The summed E-state index contributed by atoms with van der Waals surface area (Å²) in [6.07, 6.45) is 1.36. The molecule has 1 aliphatic rings. The highest BCUT2D eigenvalue weighted by molar-refractivity contribution is 8.00. The average molecular weight is 405 g/mol. The van der Waals surface area contributed by atoms with Gasteiger partial charge in [0.15, 0.2) is 0 Å². The van der Waals surface area contributed by atoms with Crippen LogP contribution >= 0.6 is 23.1 Å². The molecule has 27 heavy (non-hydrogen) atoms. The summed E-state index contributed by atoms with van der Waals surface area (Å²) >= 11 is 2.88. The summed E-state index contributed by atoms with van der Waals surface area (Å²) in [7, 11) is 0. The van der Waals surface area contributed by atoms with Crippen LogP contribution in [0.15, 0.2) is 40.4 Å². The van der Waals surface area contributed by atoms with Gasteiger partial charge < -0.3 is 15.3 Å². The Bertz CT molecular complexity index is 877. The van der Waals surface area contributed by atoms with Crippen molar-refractivity contribution in [2.75, 3.05) is 11.9 Å². The number of nitrogens with one attached hydrogen (secondary N) is 1. The third-order valence-corrected chi connectivity index (χ3v) is 6.56. The molecule has 1 unspecified atom stereocenters. The molecular weight excluding hydrogens is 384 g/mol. The summed E-state index contributed by atoms with van der Waals surface area (Å²) in [4.78, 5) is 25.9. The van der Waals surface area contributed by atoms with Gasteiger partial charge in [0.1, 0.15) is 10.7 Å². The summed E-state index contributed by atoms with van der Waals surface area (Å²) < 4.78 is 5.17. The van der Waals surface area contributed by atoms with Crippen LogP contribution in [-0.4, -0.2) is 34.7 Å². The molecule has 0 bridgehead atoms. The number of benzene rings is 1. The van der Waals surface area contributed by atoms with Crippen molar-refractivity contribution < 1.29 is 19.5 Å². The number of hydrogen-bond donors (Lipinski definition) is 2. The number of anilines is 1. The Kier molecular flexibility index (Phi) is 6.18. The minimum absolute atomic E-state index is 0.0382. The second-order valence-corrected chi connectivity index (χ2v) is 8.26. The minimum Gasteiger partial charge on any atom is -0.462 e. The smallest absolute Gasteiger partial charge is 0.341 e. The standard InChI is InChI=1S/C19H20N2O4S2/c1-3-25-19(23)15-13-9-10-14(26-12-7-5-4-6-8-12)16(21-24)17(13)27-18(15)20-11(2)22/h4-8,14,24H,3,9-10H2,1-2H3,(H,20,22)/b21-16+. The maximum atomic E-state index is 12.5. The van der Waals surface area contributed by atoms with E-state index >= 15 is 0 Å². The van der Waals surface area contributed by atoms with Crippen molar-refractivity contribution in [3.05, 3.63) is 46.3 Å². The van der Waals surface area contributed by atoms with E-state index in [4.69, 9.17) is 4.74 Å². The van der Waals surface area contributed by atoms with Gasteiger partial charge in [0.25, 0.3) is 0 Å². The summed E-state index contributed by atoms with van der Waals surface area (Å²) in [5, 5.41) is 16.4. The first-order chi connectivity index (χ1) is 13.0. The van der Waals surface area contributed by atoms with Crippen molar-refractivity contribution in [3.63, 3.8) is 0 Å². The van der Waals surface area contributed by atoms with Crippen molar-refractivity contribution >= 4 is 45.7 Å². The van der Waals surface area contributed by atoms with Gasteiger partial charge in [-0.25, -0.2) is 4.79 Å². The monoisotopic (exact) mass is 404 g/mol. The van der Waals surface area contributed by atoms with Gasteiger partial charge in [0.05, 0.1) is 22.3 Å². The van der Waals surface area contributed by atoms with Crippen LogP contribution in [0.5, 0.6) is 0 Å². The van der Waals surface area contributed by atoms with Crippen LogP contribution in [0.1, 0.15) is 41.1 Å². The summed E-state index contributed by atoms with van der Waals surface area (Å²) in [5.41, 5.74) is 1.67. The number of carbonyl (C=O) groups excluding carboxylic acids is 2. The molecule has 0 saturated carbocycles. The Hall–Kier alpha value is -2.32. The molecule has 0 aliphatic heterocycles. The molecule has 8 heteroatoms. The van der Waals surface area contributed by atoms with E-state index in [1.165, 1.54) is 18.3 Å². The fourth-order valence-electron chi connectivity index (χ4n) is 3.02. The number of amides is 1. The number of ether oxygens (including phenoxy) is 1. The fraction of sp³-hybridized carbons (Fsp3) is 0.316. The zero-order chi connectivity index (χ0) is 19.4. The molecule has 1 aliphatic carbocycles. The molecule has 1 aromatic heterocycles. The molecule has 142 valence electrons. The lowest BCUT2D eigenvalue weighted by molar-refractivity contribution is -0.114. The van der Waals surface area contributed by atoms with Crippen LogP contribution in [0.4, 0.5) is 5.00 Å². The number of fused-ring (bicyclic) bond motifs is 1. The highest BCUT2D eigenvalue weighted by Gasteiger charge is 2.35. The van der Waals surface area contributed by atoms with Crippen molar-refractivity contribution in [3.8, 4) is 0 Å². The number of oxime groups is 1.